The minimum atomic E-state index is -0.600. The fourth-order valence-corrected chi connectivity index (χ4v) is 3.19. The summed E-state index contributed by atoms with van der Waals surface area (Å²) in [6.07, 6.45) is 1.19. The molecule has 2 aromatic carbocycles. The lowest BCUT2D eigenvalue weighted by Crippen LogP contribution is -2.38. The Bertz CT molecular complexity index is 823. The van der Waals surface area contributed by atoms with Crippen LogP contribution in [0.4, 0.5) is 0 Å². The number of aliphatic hydroxyl groups is 1. The van der Waals surface area contributed by atoms with Gasteiger partial charge in [0.1, 0.15) is 5.82 Å². The van der Waals surface area contributed by atoms with E-state index in [1.807, 2.05) is 75.5 Å². The summed E-state index contributed by atoms with van der Waals surface area (Å²) in [5.74, 6) is 0.741. The van der Waals surface area contributed by atoms with E-state index in [9.17, 15) is 5.11 Å². The van der Waals surface area contributed by atoms with E-state index in [0.717, 1.165) is 22.6 Å². The highest BCUT2D eigenvalue weighted by Gasteiger charge is 2.29. The van der Waals surface area contributed by atoms with E-state index in [1.165, 1.54) is 0 Å². The summed E-state index contributed by atoms with van der Waals surface area (Å²) in [5.41, 5.74) is 2.94. The Kier molecular flexibility index (Phi) is 5.76. The zero-order chi connectivity index (χ0) is 18.5. The van der Waals surface area contributed by atoms with Gasteiger partial charge in [0.15, 0.2) is 0 Å². The molecule has 0 aliphatic rings. The van der Waals surface area contributed by atoms with Crippen LogP contribution in [0.3, 0.4) is 0 Å². The number of rotatable bonds is 6. The fraction of sp³-hybridized carbons (Fsp3) is 0.273. The van der Waals surface area contributed by atoms with Crippen molar-refractivity contribution in [1.82, 2.24) is 14.9 Å². The van der Waals surface area contributed by atoms with E-state index >= 15 is 0 Å². The Balaban J connectivity index is 1.96. The van der Waals surface area contributed by atoms with Gasteiger partial charge < -0.3 is 5.11 Å². The highest BCUT2D eigenvalue weighted by molar-refractivity contribution is 5.26. The number of likely N-dealkylation sites (N-methyl/N-ethyl adjacent to an activating group) is 1. The molecule has 3 atom stereocenters. The number of nitrogens with zero attached hydrogens (tertiary/aromatic N) is 3. The summed E-state index contributed by atoms with van der Waals surface area (Å²) >= 11 is 0. The van der Waals surface area contributed by atoms with E-state index in [0.29, 0.717) is 0 Å². The Labute approximate surface area is 155 Å². The summed E-state index contributed by atoms with van der Waals surface area (Å²) in [6, 6.07) is 21.6. The molecule has 4 nitrogen and oxygen atoms in total. The van der Waals surface area contributed by atoms with Gasteiger partial charge in [-0.3, -0.25) is 4.90 Å². The molecule has 0 aliphatic heterocycles. The lowest BCUT2D eigenvalue weighted by atomic mass is 9.98. The molecule has 0 spiro atoms. The van der Waals surface area contributed by atoms with Crippen molar-refractivity contribution in [2.45, 2.75) is 32.0 Å². The van der Waals surface area contributed by atoms with Crippen molar-refractivity contribution in [3.8, 4) is 0 Å². The summed E-state index contributed by atoms with van der Waals surface area (Å²) in [7, 11) is 2.01. The lowest BCUT2D eigenvalue weighted by Gasteiger charge is -2.35. The lowest BCUT2D eigenvalue weighted by molar-refractivity contribution is 0.0557. The second kappa shape index (κ2) is 8.21. The number of hydrogen-bond acceptors (Lipinski definition) is 4. The van der Waals surface area contributed by atoms with Gasteiger partial charge in [-0.05, 0) is 38.1 Å². The molecule has 0 aliphatic carbocycles. The maximum atomic E-state index is 10.9. The average molecular weight is 347 g/mol. The van der Waals surface area contributed by atoms with E-state index in [2.05, 4.69) is 27.0 Å². The molecule has 26 heavy (non-hydrogen) atoms. The maximum Gasteiger partial charge on any atom is 0.150 e. The van der Waals surface area contributed by atoms with Crippen LogP contribution in [0.15, 0.2) is 72.9 Å². The molecule has 0 saturated heterocycles. The quantitative estimate of drug-likeness (QED) is 0.734. The van der Waals surface area contributed by atoms with Crippen molar-refractivity contribution in [3.63, 3.8) is 0 Å². The molecule has 1 heterocycles. The first-order chi connectivity index (χ1) is 12.6. The van der Waals surface area contributed by atoms with E-state index in [-0.39, 0.29) is 12.1 Å². The third-order valence-corrected chi connectivity index (χ3v) is 4.82. The topological polar surface area (TPSA) is 49.2 Å². The highest BCUT2D eigenvalue weighted by atomic mass is 16.3. The van der Waals surface area contributed by atoms with Crippen LogP contribution in [-0.4, -0.2) is 33.1 Å². The van der Waals surface area contributed by atoms with E-state index < -0.39 is 6.10 Å². The number of aromatic nitrogens is 2. The Morgan fingerprint density at radius 3 is 2.04 bits per heavy atom. The maximum absolute atomic E-state index is 10.9. The predicted molar refractivity (Wildman–Crippen MR) is 104 cm³/mol. The average Bonchev–Trinajstić information content (AvgIpc) is 2.68. The van der Waals surface area contributed by atoms with Gasteiger partial charge in [-0.1, -0.05) is 60.7 Å². The third kappa shape index (κ3) is 3.98. The van der Waals surface area contributed by atoms with Gasteiger partial charge in [0, 0.05) is 17.9 Å². The van der Waals surface area contributed by atoms with Gasteiger partial charge >= 0.3 is 0 Å². The van der Waals surface area contributed by atoms with Crippen molar-refractivity contribution in [3.05, 3.63) is 95.6 Å². The first kappa shape index (κ1) is 18.2. The highest BCUT2D eigenvalue weighted by Crippen LogP contribution is 2.30. The zero-order valence-electron chi connectivity index (χ0n) is 15.4. The number of benzene rings is 2. The van der Waals surface area contributed by atoms with Crippen molar-refractivity contribution < 1.29 is 5.11 Å². The minimum absolute atomic E-state index is 0.119. The largest absolute Gasteiger partial charge is 0.387 e. The van der Waals surface area contributed by atoms with Crippen LogP contribution in [0, 0.1) is 6.92 Å². The van der Waals surface area contributed by atoms with Crippen molar-refractivity contribution in [2.24, 2.45) is 0 Å². The molecule has 1 N–H and O–H groups in total. The molecule has 0 bridgehead atoms. The van der Waals surface area contributed by atoms with Gasteiger partial charge in [-0.15, -0.1) is 0 Å². The van der Waals surface area contributed by atoms with Crippen LogP contribution in [0.5, 0.6) is 0 Å². The molecule has 4 heteroatoms. The molecule has 0 amide bonds. The van der Waals surface area contributed by atoms with E-state index in [1.54, 1.807) is 6.20 Å². The molecular weight excluding hydrogens is 322 g/mol. The second-order valence-electron chi connectivity index (χ2n) is 6.63. The fourth-order valence-electron chi connectivity index (χ4n) is 3.19. The first-order valence-corrected chi connectivity index (χ1v) is 8.87. The van der Waals surface area contributed by atoms with Crippen LogP contribution < -0.4 is 0 Å². The molecule has 0 saturated carbocycles. The Hall–Kier alpha value is -2.56. The molecule has 3 rings (SSSR count). The summed E-state index contributed by atoms with van der Waals surface area (Å²) in [4.78, 5) is 11.3. The van der Waals surface area contributed by atoms with Gasteiger partial charge in [0.05, 0.1) is 12.1 Å². The van der Waals surface area contributed by atoms with Gasteiger partial charge in [0.25, 0.3) is 0 Å². The molecular formula is C22H25N3O. The van der Waals surface area contributed by atoms with Gasteiger partial charge in [0.2, 0.25) is 0 Å². The third-order valence-electron chi connectivity index (χ3n) is 4.82. The number of hydrogen-bond donors (Lipinski definition) is 1. The van der Waals surface area contributed by atoms with Crippen molar-refractivity contribution >= 4 is 0 Å². The summed E-state index contributed by atoms with van der Waals surface area (Å²) in [5, 5.41) is 10.9. The standard InChI is InChI=1S/C22H25N3O/c1-16-14-15-23-22(24-16)20(18-10-6-4-7-11-18)25(3)17(2)21(26)19-12-8-5-9-13-19/h4-15,17,20-21,26H,1-3H3/t17-,20+,21-/m0/s1. The Morgan fingerprint density at radius 2 is 1.46 bits per heavy atom. The van der Waals surface area contributed by atoms with Gasteiger partial charge in [-0.25, -0.2) is 9.97 Å². The minimum Gasteiger partial charge on any atom is -0.387 e. The molecule has 3 aromatic rings. The normalized spacial score (nSPS) is 14.8. The summed E-state index contributed by atoms with van der Waals surface area (Å²) in [6.45, 7) is 4.00. The SMILES string of the molecule is Cc1ccnc([C@@H](c2ccccc2)N(C)[C@@H](C)[C@H](O)c2ccccc2)n1. The first-order valence-electron chi connectivity index (χ1n) is 8.87. The van der Waals surface area contributed by atoms with Crippen molar-refractivity contribution in [2.75, 3.05) is 7.05 Å². The predicted octanol–water partition coefficient (Wildman–Crippen LogP) is 3.93. The molecule has 0 unspecified atom stereocenters. The second-order valence-corrected chi connectivity index (χ2v) is 6.63. The molecule has 134 valence electrons. The van der Waals surface area contributed by atoms with E-state index in [4.69, 9.17) is 0 Å². The van der Waals surface area contributed by atoms with Gasteiger partial charge in [-0.2, -0.15) is 0 Å². The van der Waals surface area contributed by atoms with Crippen LogP contribution in [0.2, 0.25) is 0 Å². The van der Waals surface area contributed by atoms with Crippen molar-refractivity contribution in [1.29, 1.82) is 0 Å². The summed E-state index contributed by atoms with van der Waals surface area (Å²) < 4.78 is 0. The van der Waals surface area contributed by atoms with Crippen LogP contribution >= 0.6 is 0 Å². The molecule has 0 radical (unpaired) electrons. The molecule has 0 fully saturated rings. The van der Waals surface area contributed by atoms with Crippen LogP contribution in [0.25, 0.3) is 0 Å². The molecule has 1 aromatic heterocycles. The monoisotopic (exact) mass is 347 g/mol. The number of aryl methyl sites for hydroxylation is 1. The Morgan fingerprint density at radius 1 is 0.885 bits per heavy atom. The van der Waals surface area contributed by atoms with Crippen LogP contribution in [-0.2, 0) is 0 Å². The number of aliphatic hydroxyl groups excluding tert-OH is 1. The zero-order valence-corrected chi connectivity index (χ0v) is 15.4. The van der Waals surface area contributed by atoms with Crippen LogP contribution in [0.1, 0.15) is 41.7 Å². The smallest absolute Gasteiger partial charge is 0.150 e.